The molecule has 1 aliphatic rings. The Hall–Kier alpha value is -1.55. The number of hydrogen-bond donors (Lipinski definition) is 0. The van der Waals surface area contributed by atoms with E-state index in [-0.39, 0.29) is 5.91 Å². The molecule has 1 aromatic carbocycles. The number of likely N-dealkylation sites (N-methyl/N-ethyl adjacent to an activating group) is 1. The largest absolute Gasteiger partial charge is 0.497 e. The minimum atomic E-state index is -0.455. The standard InChI is InChI=1S/C15H22N2O2/c1-15(8-9-16(2)3)12-10-11(19-5)6-7-13(12)17(4)14(15)18/h6-7,10H,8-9H2,1-5H3/t15-/m1/s1. The molecule has 2 rings (SSSR count). The lowest BCUT2D eigenvalue weighted by molar-refractivity contribution is -0.122. The molecule has 0 fully saturated rings. The van der Waals surface area contributed by atoms with E-state index in [0.29, 0.717) is 0 Å². The fraction of sp³-hybridized carbons (Fsp3) is 0.533. The average molecular weight is 262 g/mol. The highest BCUT2D eigenvalue weighted by Crippen LogP contribution is 2.44. The molecule has 0 radical (unpaired) electrons. The number of benzene rings is 1. The van der Waals surface area contributed by atoms with Crippen LogP contribution in [-0.4, -0.2) is 45.6 Å². The Balaban J connectivity index is 2.43. The van der Waals surface area contributed by atoms with Gasteiger partial charge in [0.05, 0.1) is 12.5 Å². The second-order valence-corrected chi connectivity index (χ2v) is 5.63. The van der Waals surface area contributed by atoms with Crippen LogP contribution in [0, 0.1) is 0 Å². The molecule has 1 heterocycles. The van der Waals surface area contributed by atoms with E-state index >= 15 is 0 Å². The quantitative estimate of drug-likeness (QED) is 0.830. The number of carbonyl (C=O) groups is 1. The van der Waals surface area contributed by atoms with Gasteiger partial charge in [-0.15, -0.1) is 0 Å². The summed E-state index contributed by atoms with van der Waals surface area (Å²) in [6.45, 7) is 2.91. The number of amides is 1. The SMILES string of the molecule is COc1ccc2c(c1)[C@@](C)(CCN(C)C)C(=O)N2C. The lowest BCUT2D eigenvalue weighted by Gasteiger charge is -2.25. The molecule has 1 aromatic rings. The van der Waals surface area contributed by atoms with Crippen LogP contribution in [0.1, 0.15) is 18.9 Å². The fourth-order valence-corrected chi connectivity index (χ4v) is 2.66. The molecule has 104 valence electrons. The summed E-state index contributed by atoms with van der Waals surface area (Å²) in [6, 6.07) is 5.86. The first-order valence-corrected chi connectivity index (χ1v) is 6.51. The van der Waals surface area contributed by atoms with Gasteiger partial charge in [0.1, 0.15) is 5.75 Å². The maximum atomic E-state index is 12.6. The van der Waals surface area contributed by atoms with Crippen molar-refractivity contribution >= 4 is 11.6 Å². The van der Waals surface area contributed by atoms with Crippen LogP contribution in [-0.2, 0) is 10.2 Å². The Morgan fingerprint density at radius 1 is 1.37 bits per heavy atom. The summed E-state index contributed by atoms with van der Waals surface area (Å²) in [5, 5.41) is 0. The van der Waals surface area contributed by atoms with Gasteiger partial charge in [-0.3, -0.25) is 4.79 Å². The third-order valence-corrected chi connectivity index (χ3v) is 4.00. The van der Waals surface area contributed by atoms with Crippen molar-refractivity contribution in [2.45, 2.75) is 18.8 Å². The van der Waals surface area contributed by atoms with Gasteiger partial charge in [-0.25, -0.2) is 0 Å². The molecule has 1 atom stereocenters. The molecule has 0 unspecified atom stereocenters. The van der Waals surface area contributed by atoms with E-state index in [1.807, 2.05) is 46.3 Å². The number of nitrogens with zero attached hydrogens (tertiary/aromatic N) is 2. The van der Waals surface area contributed by atoms with Crippen molar-refractivity contribution in [1.29, 1.82) is 0 Å². The van der Waals surface area contributed by atoms with E-state index in [4.69, 9.17) is 4.74 Å². The van der Waals surface area contributed by atoms with Gasteiger partial charge in [0.25, 0.3) is 0 Å². The van der Waals surface area contributed by atoms with Gasteiger partial charge in [-0.05, 0) is 57.7 Å². The van der Waals surface area contributed by atoms with E-state index in [0.717, 1.165) is 30.0 Å². The normalized spacial score (nSPS) is 22.0. The predicted octanol–water partition coefficient (Wildman–Crippen LogP) is 1.88. The van der Waals surface area contributed by atoms with Crippen LogP contribution in [0.15, 0.2) is 18.2 Å². The van der Waals surface area contributed by atoms with E-state index in [1.54, 1.807) is 12.0 Å². The summed E-state index contributed by atoms with van der Waals surface area (Å²) in [6.07, 6.45) is 0.809. The number of rotatable bonds is 4. The molecule has 19 heavy (non-hydrogen) atoms. The average Bonchev–Trinajstić information content (AvgIpc) is 2.59. The smallest absolute Gasteiger partial charge is 0.237 e. The van der Waals surface area contributed by atoms with Crippen molar-refractivity contribution < 1.29 is 9.53 Å². The topological polar surface area (TPSA) is 32.8 Å². The maximum Gasteiger partial charge on any atom is 0.237 e. The van der Waals surface area contributed by atoms with E-state index < -0.39 is 5.41 Å². The van der Waals surface area contributed by atoms with Crippen LogP contribution in [0.25, 0.3) is 0 Å². The number of fused-ring (bicyclic) bond motifs is 1. The molecule has 0 spiro atoms. The molecule has 4 heteroatoms. The first kappa shape index (κ1) is 13.9. The van der Waals surface area contributed by atoms with Gasteiger partial charge in [0.2, 0.25) is 5.91 Å². The van der Waals surface area contributed by atoms with Crippen LogP contribution in [0.4, 0.5) is 5.69 Å². The summed E-state index contributed by atoms with van der Waals surface area (Å²) in [5.41, 5.74) is 1.61. The van der Waals surface area contributed by atoms with Crippen LogP contribution in [0.3, 0.4) is 0 Å². The first-order valence-electron chi connectivity index (χ1n) is 6.51. The van der Waals surface area contributed by atoms with Crippen LogP contribution in [0.2, 0.25) is 0 Å². The van der Waals surface area contributed by atoms with Crippen molar-refractivity contribution in [2.75, 3.05) is 39.7 Å². The molecular formula is C15H22N2O2. The molecule has 4 nitrogen and oxygen atoms in total. The molecule has 0 saturated carbocycles. The Bertz CT molecular complexity index is 499. The van der Waals surface area contributed by atoms with E-state index in [1.165, 1.54) is 0 Å². The van der Waals surface area contributed by atoms with Crippen LogP contribution >= 0.6 is 0 Å². The minimum Gasteiger partial charge on any atom is -0.497 e. The zero-order chi connectivity index (χ0) is 14.2. The predicted molar refractivity (Wildman–Crippen MR) is 76.9 cm³/mol. The van der Waals surface area contributed by atoms with Crippen molar-refractivity contribution in [3.63, 3.8) is 0 Å². The number of carbonyl (C=O) groups excluding carboxylic acids is 1. The van der Waals surface area contributed by atoms with E-state index in [2.05, 4.69) is 4.90 Å². The monoisotopic (exact) mass is 262 g/mol. The number of ether oxygens (including phenoxy) is 1. The highest BCUT2D eigenvalue weighted by atomic mass is 16.5. The molecule has 0 bridgehead atoms. The van der Waals surface area contributed by atoms with Crippen LogP contribution < -0.4 is 9.64 Å². The van der Waals surface area contributed by atoms with Crippen LogP contribution in [0.5, 0.6) is 5.75 Å². The summed E-state index contributed by atoms with van der Waals surface area (Å²) >= 11 is 0. The minimum absolute atomic E-state index is 0.164. The number of hydrogen-bond acceptors (Lipinski definition) is 3. The maximum absolute atomic E-state index is 12.6. The number of anilines is 1. The summed E-state index contributed by atoms with van der Waals surface area (Å²) < 4.78 is 5.29. The third-order valence-electron chi connectivity index (χ3n) is 4.00. The Morgan fingerprint density at radius 3 is 2.63 bits per heavy atom. The lowest BCUT2D eigenvalue weighted by Crippen LogP contribution is -2.38. The molecule has 0 aromatic heterocycles. The zero-order valence-corrected chi connectivity index (χ0v) is 12.4. The second kappa shape index (κ2) is 4.85. The molecule has 0 N–H and O–H groups in total. The highest BCUT2D eigenvalue weighted by molar-refractivity contribution is 6.07. The van der Waals surface area contributed by atoms with Gasteiger partial charge in [-0.1, -0.05) is 0 Å². The molecule has 0 aliphatic carbocycles. The van der Waals surface area contributed by atoms with Crippen molar-refractivity contribution in [3.05, 3.63) is 23.8 Å². The Morgan fingerprint density at radius 2 is 2.05 bits per heavy atom. The zero-order valence-electron chi connectivity index (χ0n) is 12.4. The summed E-state index contributed by atoms with van der Waals surface area (Å²) in [5.74, 6) is 0.968. The van der Waals surface area contributed by atoms with Gasteiger partial charge in [0, 0.05) is 12.7 Å². The second-order valence-electron chi connectivity index (χ2n) is 5.63. The Kier molecular flexibility index (Phi) is 3.54. The van der Waals surface area contributed by atoms with E-state index in [9.17, 15) is 4.79 Å². The number of methoxy groups -OCH3 is 1. The van der Waals surface area contributed by atoms with Gasteiger partial charge in [-0.2, -0.15) is 0 Å². The molecule has 0 saturated heterocycles. The van der Waals surface area contributed by atoms with Gasteiger partial charge >= 0.3 is 0 Å². The van der Waals surface area contributed by atoms with Crippen molar-refractivity contribution in [1.82, 2.24) is 4.90 Å². The molecule has 1 amide bonds. The van der Waals surface area contributed by atoms with Gasteiger partial charge in [0.15, 0.2) is 0 Å². The van der Waals surface area contributed by atoms with Crippen molar-refractivity contribution in [3.8, 4) is 5.75 Å². The summed E-state index contributed by atoms with van der Waals surface area (Å²) in [7, 11) is 7.55. The van der Waals surface area contributed by atoms with Crippen molar-refractivity contribution in [2.24, 2.45) is 0 Å². The molecule has 1 aliphatic heterocycles. The first-order chi connectivity index (χ1) is 8.90. The third kappa shape index (κ3) is 2.21. The van der Waals surface area contributed by atoms with Gasteiger partial charge < -0.3 is 14.5 Å². The summed E-state index contributed by atoms with van der Waals surface area (Å²) in [4.78, 5) is 16.4. The molecular weight excluding hydrogens is 240 g/mol. The lowest BCUT2D eigenvalue weighted by atomic mass is 9.80. The Labute approximate surface area is 115 Å². The fourth-order valence-electron chi connectivity index (χ4n) is 2.66. The highest BCUT2D eigenvalue weighted by Gasteiger charge is 2.45.